The highest BCUT2D eigenvalue weighted by atomic mass is 16.5. The molecule has 1 aromatic rings. The molecule has 6 heteroatoms. The van der Waals surface area contributed by atoms with Crippen molar-refractivity contribution in [2.75, 3.05) is 19.8 Å². The van der Waals surface area contributed by atoms with Gasteiger partial charge in [0.1, 0.15) is 0 Å². The standard InChI is InChI=1S/C49H86O6/c1-8-9-10-11-12-13-20-27-34-43-38-44(47(50)53-35-28-21-14-17-24-31-40(2)3)39-45(48(51)54-36-29-22-15-18-25-32-41(4)5)46(43)49(52)55-37-30-23-16-19-26-33-42(6)7/h38-42H,8-37H2,1-7H3. The topological polar surface area (TPSA) is 78.9 Å². The number of rotatable bonds is 36. The molecule has 1 rings (SSSR count). The molecule has 0 aromatic heterocycles. The highest BCUT2D eigenvalue weighted by Crippen LogP contribution is 2.25. The lowest BCUT2D eigenvalue weighted by atomic mass is 9.93. The first-order chi connectivity index (χ1) is 26.6. The van der Waals surface area contributed by atoms with Crippen LogP contribution in [-0.4, -0.2) is 37.7 Å². The molecule has 1 aromatic carbocycles. The summed E-state index contributed by atoms with van der Waals surface area (Å²) in [6.07, 6.45) is 29.6. The highest BCUT2D eigenvalue weighted by molar-refractivity contribution is 6.06. The van der Waals surface area contributed by atoms with Gasteiger partial charge in [0.25, 0.3) is 0 Å². The van der Waals surface area contributed by atoms with Gasteiger partial charge in [-0.1, -0.05) is 190 Å². The zero-order valence-electron chi connectivity index (χ0n) is 37.0. The van der Waals surface area contributed by atoms with Crippen molar-refractivity contribution in [2.24, 2.45) is 17.8 Å². The number of benzene rings is 1. The van der Waals surface area contributed by atoms with Crippen molar-refractivity contribution in [3.63, 3.8) is 0 Å². The van der Waals surface area contributed by atoms with Gasteiger partial charge in [-0.05, 0) is 67.6 Å². The maximum atomic E-state index is 13.9. The Bertz CT molecular complexity index is 1120. The lowest BCUT2D eigenvalue weighted by Gasteiger charge is -2.16. The second-order valence-corrected chi connectivity index (χ2v) is 17.5. The van der Waals surface area contributed by atoms with Gasteiger partial charge >= 0.3 is 17.9 Å². The molecule has 0 spiro atoms. The lowest BCUT2D eigenvalue weighted by molar-refractivity contribution is 0.0446. The normalized spacial score (nSPS) is 11.5. The third kappa shape index (κ3) is 27.0. The van der Waals surface area contributed by atoms with E-state index in [0.717, 1.165) is 94.8 Å². The van der Waals surface area contributed by atoms with E-state index in [1.54, 1.807) is 6.07 Å². The summed E-state index contributed by atoms with van der Waals surface area (Å²) in [6.45, 7) is 16.7. The van der Waals surface area contributed by atoms with Crippen molar-refractivity contribution < 1.29 is 28.6 Å². The van der Waals surface area contributed by atoms with Crippen LogP contribution in [0.25, 0.3) is 0 Å². The Morgan fingerprint density at radius 1 is 0.436 bits per heavy atom. The summed E-state index contributed by atoms with van der Waals surface area (Å²) in [5.41, 5.74) is 1.38. The SMILES string of the molecule is CCCCCCCCCCc1cc(C(=O)OCCCCCCCC(C)C)cc(C(=O)OCCCCCCCC(C)C)c1C(=O)OCCCCCCCC(C)C. The summed E-state index contributed by atoms with van der Waals surface area (Å²) in [7, 11) is 0. The number of aryl methyl sites for hydroxylation is 1. The molecule has 0 N–H and O–H groups in total. The van der Waals surface area contributed by atoms with Crippen LogP contribution < -0.4 is 0 Å². The van der Waals surface area contributed by atoms with Crippen LogP contribution in [0.2, 0.25) is 0 Å². The molecular weight excluding hydrogens is 685 g/mol. The third-order valence-corrected chi connectivity index (χ3v) is 10.7. The van der Waals surface area contributed by atoms with Crippen LogP contribution in [0.5, 0.6) is 0 Å². The summed E-state index contributed by atoms with van der Waals surface area (Å²) >= 11 is 0. The Hall–Kier alpha value is -2.37. The monoisotopic (exact) mass is 771 g/mol. The van der Waals surface area contributed by atoms with Crippen LogP contribution in [0.15, 0.2) is 12.1 Å². The molecular formula is C49H86O6. The quantitative estimate of drug-likeness (QED) is 0.0384. The third-order valence-electron chi connectivity index (χ3n) is 10.7. The molecule has 0 unspecified atom stereocenters. The molecule has 0 aliphatic heterocycles. The Morgan fingerprint density at radius 2 is 0.800 bits per heavy atom. The van der Waals surface area contributed by atoms with Gasteiger partial charge in [-0.25, -0.2) is 14.4 Å². The van der Waals surface area contributed by atoms with Crippen molar-refractivity contribution in [3.05, 3.63) is 34.4 Å². The first-order valence-corrected chi connectivity index (χ1v) is 23.2. The van der Waals surface area contributed by atoms with Crippen molar-refractivity contribution in [1.82, 2.24) is 0 Å². The molecule has 0 atom stereocenters. The number of ether oxygens (including phenoxy) is 3. The van der Waals surface area contributed by atoms with Crippen molar-refractivity contribution in [1.29, 1.82) is 0 Å². The summed E-state index contributed by atoms with van der Waals surface area (Å²) in [4.78, 5) is 41.1. The minimum Gasteiger partial charge on any atom is -0.462 e. The van der Waals surface area contributed by atoms with Gasteiger partial charge in [0.15, 0.2) is 0 Å². The Balaban J connectivity index is 3.10. The van der Waals surface area contributed by atoms with Gasteiger partial charge in [-0.2, -0.15) is 0 Å². The lowest BCUT2D eigenvalue weighted by Crippen LogP contribution is -2.20. The number of hydrogen-bond acceptors (Lipinski definition) is 6. The van der Waals surface area contributed by atoms with Crippen LogP contribution in [0, 0.1) is 17.8 Å². The van der Waals surface area contributed by atoms with E-state index in [9.17, 15) is 14.4 Å². The molecule has 0 amide bonds. The fourth-order valence-electron chi connectivity index (χ4n) is 7.15. The van der Waals surface area contributed by atoms with Crippen LogP contribution in [0.1, 0.15) is 252 Å². The smallest absolute Gasteiger partial charge is 0.339 e. The van der Waals surface area contributed by atoms with Crippen molar-refractivity contribution in [2.45, 2.75) is 222 Å². The van der Waals surface area contributed by atoms with Gasteiger partial charge in [0.05, 0.1) is 36.5 Å². The van der Waals surface area contributed by atoms with E-state index >= 15 is 0 Å². The number of carbonyl (C=O) groups is 3. The molecule has 318 valence electrons. The Morgan fingerprint density at radius 3 is 1.24 bits per heavy atom. The molecule has 55 heavy (non-hydrogen) atoms. The summed E-state index contributed by atoms with van der Waals surface area (Å²) in [5, 5.41) is 0. The summed E-state index contributed by atoms with van der Waals surface area (Å²) in [6, 6.07) is 3.29. The number of carbonyl (C=O) groups excluding carboxylic acids is 3. The molecule has 0 bridgehead atoms. The van der Waals surface area contributed by atoms with E-state index < -0.39 is 17.9 Å². The van der Waals surface area contributed by atoms with E-state index in [2.05, 4.69) is 48.5 Å². The van der Waals surface area contributed by atoms with E-state index in [4.69, 9.17) is 14.2 Å². The second-order valence-electron chi connectivity index (χ2n) is 17.5. The molecule has 0 saturated carbocycles. The second kappa shape index (κ2) is 33.7. The summed E-state index contributed by atoms with van der Waals surface area (Å²) in [5.74, 6) is 0.664. The van der Waals surface area contributed by atoms with Gasteiger partial charge in [0.2, 0.25) is 0 Å². The van der Waals surface area contributed by atoms with Gasteiger partial charge < -0.3 is 14.2 Å². The molecule has 0 aliphatic rings. The van der Waals surface area contributed by atoms with E-state index in [-0.39, 0.29) is 17.7 Å². The average Bonchev–Trinajstić information content (AvgIpc) is 3.14. The molecule has 0 saturated heterocycles. The first kappa shape index (κ1) is 50.6. The average molecular weight is 771 g/mol. The van der Waals surface area contributed by atoms with Gasteiger partial charge in [-0.15, -0.1) is 0 Å². The minimum absolute atomic E-state index is 0.129. The number of esters is 3. The number of hydrogen-bond donors (Lipinski definition) is 0. The molecule has 0 aliphatic carbocycles. The first-order valence-electron chi connectivity index (χ1n) is 23.2. The highest BCUT2D eigenvalue weighted by Gasteiger charge is 2.26. The van der Waals surface area contributed by atoms with E-state index in [1.165, 1.54) is 96.0 Å². The fraction of sp³-hybridized carbons (Fsp3) is 0.816. The van der Waals surface area contributed by atoms with E-state index in [1.807, 2.05) is 0 Å². The largest absolute Gasteiger partial charge is 0.462 e. The predicted molar refractivity (Wildman–Crippen MR) is 231 cm³/mol. The van der Waals surface area contributed by atoms with Crippen LogP contribution in [0.4, 0.5) is 0 Å². The summed E-state index contributed by atoms with van der Waals surface area (Å²) < 4.78 is 17.4. The van der Waals surface area contributed by atoms with Crippen LogP contribution in [0.3, 0.4) is 0 Å². The molecule has 0 fully saturated rings. The minimum atomic E-state index is -0.565. The molecule has 0 heterocycles. The number of unbranched alkanes of at least 4 members (excludes halogenated alkanes) is 19. The van der Waals surface area contributed by atoms with Gasteiger partial charge in [0, 0.05) is 0 Å². The van der Waals surface area contributed by atoms with Crippen LogP contribution in [-0.2, 0) is 20.6 Å². The van der Waals surface area contributed by atoms with E-state index in [0.29, 0.717) is 30.8 Å². The molecule has 6 nitrogen and oxygen atoms in total. The zero-order chi connectivity index (χ0) is 40.5. The molecule has 0 radical (unpaired) electrons. The van der Waals surface area contributed by atoms with Crippen LogP contribution >= 0.6 is 0 Å². The Labute approximate surface area is 339 Å². The fourth-order valence-corrected chi connectivity index (χ4v) is 7.15. The zero-order valence-corrected chi connectivity index (χ0v) is 37.0. The van der Waals surface area contributed by atoms with Crippen molar-refractivity contribution in [3.8, 4) is 0 Å². The Kier molecular flexibility index (Phi) is 31.1. The van der Waals surface area contributed by atoms with Gasteiger partial charge in [-0.3, -0.25) is 0 Å². The maximum Gasteiger partial charge on any atom is 0.339 e. The van der Waals surface area contributed by atoms with Crippen molar-refractivity contribution >= 4 is 17.9 Å². The maximum absolute atomic E-state index is 13.9. The predicted octanol–water partition coefficient (Wildman–Crippen LogP) is 14.8.